The number of nitrogens with zero attached hydrogens (tertiary/aromatic N) is 17. The maximum atomic E-state index is 13.0. The first kappa shape index (κ1) is 65.2. The molecule has 21 nitrogen and oxygen atoms in total. The van der Waals surface area contributed by atoms with Gasteiger partial charge in [-0.2, -0.15) is 15.8 Å². The van der Waals surface area contributed by atoms with Gasteiger partial charge in [0.1, 0.15) is 12.2 Å². The lowest BCUT2D eigenvalue weighted by Gasteiger charge is -2.35. The zero-order valence-electron chi connectivity index (χ0n) is 55.2. The summed E-state index contributed by atoms with van der Waals surface area (Å²) in [6, 6.07) is 56.0. The quantitative estimate of drug-likeness (QED) is 0.124. The average Bonchev–Trinajstić information content (AvgIpc) is 1.69. The summed E-state index contributed by atoms with van der Waals surface area (Å²) < 4.78 is 6.01. The fourth-order valence-electron chi connectivity index (χ4n) is 12.5. The van der Waals surface area contributed by atoms with Gasteiger partial charge in [-0.05, 0) is 130 Å². The maximum Gasteiger partial charge on any atom is 0.254 e. The van der Waals surface area contributed by atoms with E-state index in [-0.39, 0.29) is 30.2 Å². The highest BCUT2D eigenvalue weighted by Crippen LogP contribution is 2.30. The summed E-state index contributed by atoms with van der Waals surface area (Å²) in [5.74, 6) is -0.00950. The highest BCUT2D eigenvalue weighted by atomic mass is 16.2. The Morgan fingerprint density at radius 3 is 1.17 bits per heavy atom. The van der Waals surface area contributed by atoms with Crippen LogP contribution in [0.2, 0.25) is 0 Å². The second-order valence-electron chi connectivity index (χ2n) is 25.0. The Balaban J connectivity index is 0.000000133. The molecule has 0 atom stereocenters. The van der Waals surface area contributed by atoms with Gasteiger partial charge in [-0.25, -0.2) is 15.0 Å². The van der Waals surface area contributed by atoms with Crippen molar-refractivity contribution >= 4 is 40.6 Å². The van der Waals surface area contributed by atoms with Crippen molar-refractivity contribution in [2.24, 2.45) is 0 Å². The summed E-state index contributed by atoms with van der Waals surface area (Å²) >= 11 is 0. The molecule has 15 rings (SSSR count). The third-order valence-corrected chi connectivity index (χ3v) is 18.6. The van der Waals surface area contributed by atoms with E-state index in [0.29, 0.717) is 52.5 Å². The topological polar surface area (TPSA) is 237 Å². The number of piperidine rings is 1. The summed E-state index contributed by atoms with van der Waals surface area (Å²) in [4.78, 5) is 84.6. The number of rotatable bonds is 10. The molecule has 3 aliphatic heterocycles. The van der Waals surface area contributed by atoms with Crippen LogP contribution in [0.3, 0.4) is 0 Å². The lowest BCUT2D eigenvalue weighted by Crippen LogP contribution is -2.50. The largest absolute Gasteiger partial charge is 0.342 e. The van der Waals surface area contributed by atoms with E-state index in [2.05, 4.69) is 74.1 Å². The average molecular weight is 1310 g/mol. The molecule has 0 bridgehead atoms. The molecule has 6 aromatic carbocycles. The van der Waals surface area contributed by atoms with Gasteiger partial charge in [-0.1, -0.05) is 72.8 Å². The molecular weight excluding hydrogens is 1240 g/mol. The molecule has 21 heteroatoms. The van der Waals surface area contributed by atoms with E-state index >= 15 is 0 Å². The van der Waals surface area contributed by atoms with E-state index in [9.17, 15) is 19.2 Å². The first-order chi connectivity index (χ1) is 48.2. The van der Waals surface area contributed by atoms with Crippen molar-refractivity contribution in [3.8, 4) is 85.6 Å². The van der Waals surface area contributed by atoms with E-state index < -0.39 is 0 Å². The van der Waals surface area contributed by atoms with Crippen LogP contribution in [0.15, 0.2) is 207 Å². The minimum Gasteiger partial charge on any atom is -0.342 e. The second kappa shape index (κ2) is 28.8. The molecule has 3 saturated heterocycles. The van der Waals surface area contributed by atoms with Gasteiger partial charge in [0.2, 0.25) is 5.91 Å². The molecule has 12 aromatic rings. The van der Waals surface area contributed by atoms with Crippen LogP contribution < -0.4 is 0 Å². The molecular formula is C78H69N17O4. The van der Waals surface area contributed by atoms with Crippen LogP contribution in [0, 0.1) is 34.0 Å². The van der Waals surface area contributed by atoms with Crippen LogP contribution in [0.25, 0.3) is 84.4 Å². The molecule has 4 amide bonds. The summed E-state index contributed by atoms with van der Waals surface area (Å²) in [5, 5.41) is 27.1. The molecule has 490 valence electrons. The Kier molecular flexibility index (Phi) is 19.0. The molecule has 0 unspecified atom stereocenters. The van der Waals surface area contributed by atoms with Crippen LogP contribution in [0.4, 0.5) is 0 Å². The number of fused-ring (bicyclic) bond motifs is 3. The minimum atomic E-state index is -0.129. The van der Waals surface area contributed by atoms with Crippen LogP contribution in [-0.2, 0) is 4.79 Å². The first-order valence-electron chi connectivity index (χ1n) is 32.6. The predicted molar refractivity (Wildman–Crippen MR) is 377 cm³/mol. The standard InChI is InChI=1S/C27H26N6O.C26H21N5O2.C25H22N6O/c1-31(2)23-11-13-32(14-12-23)27(34)22-9-7-20(8-10-22)24-18-33-25(16-30-26(33)17-29-24)21-5-3-19(15-28)4-6-21;1-29-12-13-30(17-25(29)32)26(33)21-8-6-19(7-9-21)22-10-11-24-28-15-23(31(24)16-22)20-4-2-18(14-27)3-5-20;1-29-10-12-30(13-11-29)25(32)21-8-6-19(7-9-21)22-17-31-23(15-28-24(31)16-27-22)20-4-2-18(14-26)3-5-20/h3-10,16-18,23H,11-14H2,1-2H3;2-11,15-16H,12-13,17H2,1H3;2-9,15-17H,10-13H2,1H3. The summed E-state index contributed by atoms with van der Waals surface area (Å²) in [5.41, 5.74) is 17.3. The number of hydrogen-bond donors (Lipinski definition) is 0. The molecule has 0 spiro atoms. The zero-order valence-corrected chi connectivity index (χ0v) is 55.2. The van der Waals surface area contributed by atoms with E-state index in [1.54, 1.807) is 84.0 Å². The third kappa shape index (κ3) is 14.3. The Hall–Kier alpha value is -12.5. The number of carbonyl (C=O) groups excluding carboxylic acids is 4. The summed E-state index contributed by atoms with van der Waals surface area (Å²) in [6.07, 6.45) is 16.9. The number of likely N-dealkylation sites (N-methyl/N-ethyl adjacent to an activating group) is 2. The van der Waals surface area contributed by atoms with Crippen molar-refractivity contribution in [2.75, 3.05) is 87.1 Å². The van der Waals surface area contributed by atoms with Gasteiger partial charge in [0.15, 0.2) is 11.3 Å². The fourth-order valence-corrected chi connectivity index (χ4v) is 12.5. The van der Waals surface area contributed by atoms with Crippen LogP contribution in [-0.4, -0.2) is 184 Å². The lowest BCUT2D eigenvalue weighted by molar-refractivity contribution is -0.133. The zero-order chi connectivity index (χ0) is 68.7. The molecule has 9 heterocycles. The normalized spacial score (nSPS) is 14.3. The smallest absolute Gasteiger partial charge is 0.254 e. The number of carbonyl (C=O) groups is 4. The van der Waals surface area contributed by atoms with Gasteiger partial charge in [0.25, 0.3) is 17.7 Å². The van der Waals surface area contributed by atoms with Crippen molar-refractivity contribution in [3.63, 3.8) is 0 Å². The molecule has 0 radical (unpaired) electrons. The monoisotopic (exact) mass is 1310 g/mol. The van der Waals surface area contributed by atoms with Crippen molar-refractivity contribution in [1.29, 1.82) is 15.8 Å². The third-order valence-electron chi connectivity index (χ3n) is 18.6. The van der Waals surface area contributed by atoms with Crippen LogP contribution in [0.1, 0.15) is 60.6 Å². The minimum absolute atomic E-state index is 0.0436. The van der Waals surface area contributed by atoms with E-state index in [1.807, 2.05) is 163 Å². The Morgan fingerprint density at radius 1 is 0.394 bits per heavy atom. The fraction of sp³-hybridized carbons (Fsp3) is 0.205. The number of likely N-dealkylation sites (tertiary alicyclic amines) is 1. The number of hydrogen-bond acceptors (Lipinski definition) is 14. The van der Waals surface area contributed by atoms with Crippen molar-refractivity contribution in [1.82, 2.24) is 67.5 Å². The van der Waals surface area contributed by atoms with Crippen LogP contribution >= 0.6 is 0 Å². The van der Waals surface area contributed by atoms with Gasteiger partial charge < -0.3 is 29.4 Å². The van der Waals surface area contributed by atoms with Crippen molar-refractivity contribution in [2.45, 2.75) is 18.9 Å². The highest BCUT2D eigenvalue weighted by Gasteiger charge is 2.28. The van der Waals surface area contributed by atoms with E-state index in [1.165, 1.54) is 0 Å². The lowest BCUT2D eigenvalue weighted by atomic mass is 10.0. The number of amides is 4. The van der Waals surface area contributed by atoms with Gasteiger partial charge >= 0.3 is 0 Å². The van der Waals surface area contributed by atoms with E-state index in [4.69, 9.17) is 15.8 Å². The van der Waals surface area contributed by atoms with Crippen molar-refractivity contribution < 1.29 is 19.2 Å². The van der Waals surface area contributed by atoms with Crippen LogP contribution in [0.5, 0.6) is 0 Å². The molecule has 0 N–H and O–H groups in total. The Bertz CT molecular complexity index is 5080. The number of imidazole rings is 3. The van der Waals surface area contributed by atoms with Gasteiger partial charge in [-0.15, -0.1) is 0 Å². The second-order valence-corrected chi connectivity index (χ2v) is 25.0. The Labute approximate surface area is 572 Å². The number of aromatic nitrogens is 8. The SMILES string of the molecule is CN(C)C1CCN(C(=O)c2ccc(-c3cn4c(-c5ccc(C#N)cc5)cnc4cn3)cc2)CC1.CN1CCN(C(=O)c2ccc(-c3ccc4ncc(-c5ccc(C#N)cc5)n4c3)cc2)CC1=O.CN1CCN(C(=O)c2ccc(-c3cn4c(-c5ccc(C#N)cc5)cnc4cn3)cc2)CC1. The van der Waals surface area contributed by atoms with Gasteiger partial charge in [-0.3, -0.25) is 42.3 Å². The van der Waals surface area contributed by atoms with Crippen molar-refractivity contribution in [3.05, 3.63) is 241 Å². The summed E-state index contributed by atoms with van der Waals surface area (Å²) in [7, 11) is 8.03. The molecule has 3 fully saturated rings. The molecule has 3 aliphatic rings. The summed E-state index contributed by atoms with van der Waals surface area (Å²) in [6.45, 7) is 6.11. The Morgan fingerprint density at radius 2 is 0.758 bits per heavy atom. The first-order valence-corrected chi connectivity index (χ1v) is 32.6. The molecule has 6 aromatic heterocycles. The predicted octanol–water partition coefficient (Wildman–Crippen LogP) is 10.9. The van der Waals surface area contributed by atoms with Gasteiger partial charge in [0, 0.05) is 129 Å². The molecule has 0 aliphatic carbocycles. The number of nitriles is 3. The van der Waals surface area contributed by atoms with E-state index in [0.717, 1.165) is 136 Å². The van der Waals surface area contributed by atoms with Gasteiger partial charge in [0.05, 0.1) is 94.4 Å². The molecule has 99 heavy (non-hydrogen) atoms. The number of piperazine rings is 2. The highest BCUT2D eigenvalue weighted by molar-refractivity contribution is 5.98. The number of benzene rings is 6. The maximum absolute atomic E-state index is 13.0. The molecule has 0 saturated carbocycles. The number of pyridine rings is 1.